The normalized spacial score (nSPS) is 13.3. The summed E-state index contributed by atoms with van der Waals surface area (Å²) in [5.74, 6) is 2.10. The highest BCUT2D eigenvalue weighted by atomic mass is 35.5. The Morgan fingerprint density at radius 1 is 1.35 bits per heavy atom. The van der Waals surface area contributed by atoms with Crippen LogP contribution in [-0.4, -0.2) is 29.1 Å². The van der Waals surface area contributed by atoms with E-state index in [2.05, 4.69) is 15.9 Å². The van der Waals surface area contributed by atoms with E-state index in [1.807, 2.05) is 37.6 Å². The number of nitrogens with zero attached hydrogens (tertiary/aromatic N) is 3. The lowest BCUT2D eigenvalue weighted by Gasteiger charge is -2.22. The second kappa shape index (κ2) is 9.25. The van der Waals surface area contributed by atoms with Gasteiger partial charge < -0.3 is 13.7 Å². The number of carbonyl (C=O) groups is 1. The highest BCUT2D eigenvalue weighted by Gasteiger charge is 2.36. The molecule has 3 aromatic rings. The third-order valence-corrected chi connectivity index (χ3v) is 6.73. The summed E-state index contributed by atoms with van der Waals surface area (Å²) in [6.07, 6.45) is 3.72. The van der Waals surface area contributed by atoms with Gasteiger partial charge in [0.2, 0.25) is 0 Å². The van der Waals surface area contributed by atoms with Crippen LogP contribution in [0.3, 0.4) is 0 Å². The van der Waals surface area contributed by atoms with Gasteiger partial charge in [-0.05, 0) is 41.7 Å². The minimum absolute atomic E-state index is 0.0221. The molecule has 0 spiro atoms. The summed E-state index contributed by atoms with van der Waals surface area (Å²) in [6, 6.07) is 9.24. The van der Waals surface area contributed by atoms with Crippen molar-refractivity contribution in [1.29, 1.82) is 0 Å². The van der Waals surface area contributed by atoms with Crippen LogP contribution in [-0.2, 0) is 13.1 Å². The van der Waals surface area contributed by atoms with Crippen LogP contribution in [0.2, 0.25) is 10.0 Å². The second-order valence-corrected chi connectivity index (χ2v) is 9.61. The van der Waals surface area contributed by atoms with E-state index in [4.69, 9.17) is 27.7 Å². The van der Waals surface area contributed by atoms with Crippen molar-refractivity contribution in [2.75, 3.05) is 17.6 Å². The van der Waals surface area contributed by atoms with Gasteiger partial charge in [-0.15, -0.1) is 0 Å². The largest absolute Gasteiger partial charge is 0.470 e. The average molecular weight is 492 g/mol. The highest BCUT2D eigenvalue weighted by molar-refractivity contribution is 7.99. The van der Waals surface area contributed by atoms with Gasteiger partial charge in [-0.1, -0.05) is 41.7 Å². The molecule has 1 aliphatic heterocycles. The van der Waals surface area contributed by atoms with E-state index < -0.39 is 0 Å². The number of carbonyl (C=O) groups excluding carboxylic acids is 1. The molecule has 0 saturated carbocycles. The molecule has 1 atom stereocenters. The van der Waals surface area contributed by atoms with Gasteiger partial charge in [-0.3, -0.25) is 9.78 Å². The summed E-state index contributed by atoms with van der Waals surface area (Å²) in [5.41, 5.74) is 4.01. The van der Waals surface area contributed by atoms with Crippen LogP contribution in [0.15, 0.2) is 48.9 Å². The van der Waals surface area contributed by atoms with Crippen LogP contribution in [0.25, 0.3) is 10.9 Å². The molecule has 0 radical (unpaired) electrons. The van der Waals surface area contributed by atoms with Crippen LogP contribution in [0.1, 0.15) is 21.5 Å². The Morgan fingerprint density at radius 3 is 2.77 bits per heavy atom. The molecule has 1 amide bonds. The van der Waals surface area contributed by atoms with Crippen LogP contribution in [0, 0.1) is 0 Å². The van der Waals surface area contributed by atoms with E-state index in [1.54, 1.807) is 34.9 Å². The zero-order valence-corrected chi connectivity index (χ0v) is 20.3. The molecule has 4 rings (SSSR count). The molecule has 2 heterocycles. The van der Waals surface area contributed by atoms with E-state index >= 15 is 0 Å². The number of aromatic nitrogens is 1. The number of amides is 1. The van der Waals surface area contributed by atoms with Crippen molar-refractivity contribution < 1.29 is 9.32 Å². The van der Waals surface area contributed by atoms with Gasteiger partial charge in [0.15, 0.2) is 5.75 Å². The Balaban J connectivity index is 1.87. The molecule has 9 heteroatoms. The van der Waals surface area contributed by atoms with Crippen LogP contribution in [0.5, 0.6) is 5.75 Å². The summed E-state index contributed by atoms with van der Waals surface area (Å²) in [5, 5.41) is 2.03. The number of hydrogen-bond acceptors (Lipinski definition) is 5. The summed E-state index contributed by atoms with van der Waals surface area (Å²) in [7, 11) is 2.01. The first-order valence-corrected chi connectivity index (χ1v) is 12.4. The minimum Gasteiger partial charge on any atom is -0.470 e. The van der Waals surface area contributed by atoms with Crippen LogP contribution < -0.4 is 8.83 Å². The molecule has 160 valence electrons. The van der Waals surface area contributed by atoms with E-state index in [0.29, 0.717) is 40.0 Å². The molecule has 0 bridgehead atoms. The van der Waals surface area contributed by atoms with Crippen molar-refractivity contribution in [1.82, 2.24) is 9.88 Å². The molecule has 0 fully saturated rings. The monoisotopic (exact) mass is 491 g/mol. The maximum absolute atomic E-state index is 13.6. The Hall–Kier alpha value is -1.98. The molecule has 0 N–H and O–H groups in total. The molecule has 31 heavy (non-hydrogen) atoms. The molecular weight excluding hydrogens is 472 g/mol. The molecular formula is C22H20Cl2N3O2PS. The van der Waals surface area contributed by atoms with Gasteiger partial charge in [0.25, 0.3) is 5.91 Å². The van der Waals surface area contributed by atoms with Crippen molar-refractivity contribution >= 4 is 66.5 Å². The van der Waals surface area contributed by atoms with Crippen LogP contribution >= 0.6 is 44.0 Å². The van der Waals surface area contributed by atoms with Gasteiger partial charge in [0.1, 0.15) is 5.52 Å². The molecule has 0 saturated heterocycles. The molecule has 5 nitrogen and oxygen atoms in total. The number of pyridine rings is 1. The first-order chi connectivity index (χ1) is 14.9. The predicted molar refractivity (Wildman–Crippen MR) is 133 cm³/mol. The average Bonchev–Trinajstić information content (AvgIpc) is 3.05. The second-order valence-electron chi connectivity index (χ2n) is 6.97. The van der Waals surface area contributed by atoms with Crippen molar-refractivity contribution in [2.24, 2.45) is 0 Å². The number of anilines is 1. The first kappa shape index (κ1) is 22.2. The fourth-order valence-electron chi connectivity index (χ4n) is 3.82. The quantitative estimate of drug-likeness (QED) is 0.277. The minimum atomic E-state index is -0.0988. The number of hydrogen-bond donors (Lipinski definition) is 0. The Kier molecular flexibility index (Phi) is 6.63. The summed E-state index contributed by atoms with van der Waals surface area (Å²) < 4.78 is 8.08. The van der Waals surface area contributed by atoms with Gasteiger partial charge in [-0.2, -0.15) is 0 Å². The maximum atomic E-state index is 13.6. The van der Waals surface area contributed by atoms with Gasteiger partial charge >= 0.3 is 0 Å². The summed E-state index contributed by atoms with van der Waals surface area (Å²) in [6.45, 7) is 4.60. The highest BCUT2D eigenvalue weighted by Crippen LogP contribution is 2.47. The fourth-order valence-corrected chi connectivity index (χ4v) is 5.18. The lowest BCUT2D eigenvalue weighted by molar-refractivity contribution is 0.0765. The maximum Gasteiger partial charge on any atom is 0.258 e. The number of fused-ring (bicyclic) bond motifs is 2. The molecule has 1 aliphatic rings. The van der Waals surface area contributed by atoms with E-state index in [-0.39, 0.29) is 14.7 Å². The van der Waals surface area contributed by atoms with Crippen molar-refractivity contribution in [2.45, 2.75) is 13.1 Å². The lowest BCUT2D eigenvalue weighted by Crippen LogP contribution is -2.23. The third kappa shape index (κ3) is 4.22. The fraction of sp³-hybridized carbons (Fsp3) is 0.182. The van der Waals surface area contributed by atoms with E-state index in [9.17, 15) is 4.79 Å². The standard InChI is InChI=1S/C22H20Cl2N3O2PS/c1-4-30-29-21-18-17(20(26(2)31-3)16-6-5-7-25-19(16)21)12-27(22(18)28)11-13-8-14(23)10-15(24)9-13/h4-10,30H,1,11-12H2,2-3H3. The van der Waals surface area contributed by atoms with Gasteiger partial charge in [0.05, 0.1) is 20.1 Å². The Bertz CT molecular complexity index is 1170. The SMILES string of the molecule is C=CPOc1c2c(c(N(C)SC)c3cccnc13)CN(Cc1cc(Cl)cc(Cl)c1)C2=O. The molecule has 2 aromatic carbocycles. The summed E-state index contributed by atoms with van der Waals surface area (Å²) in [4.78, 5) is 19.9. The number of benzene rings is 2. The summed E-state index contributed by atoms with van der Waals surface area (Å²) >= 11 is 13.9. The number of halogens is 2. The number of rotatable bonds is 7. The van der Waals surface area contributed by atoms with Crippen LogP contribution in [0.4, 0.5) is 5.69 Å². The van der Waals surface area contributed by atoms with Gasteiger partial charge in [0, 0.05) is 53.6 Å². The zero-order valence-electron chi connectivity index (χ0n) is 17.0. The molecule has 1 aromatic heterocycles. The lowest BCUT2D eigenvalue weighted by atomic mass is 10.0. The van der Waals surface area contributed by atoms with E-state index in [0.717, 1.165) is 22.2 Å². The Labute approximate surface area is 197 Å². The van der Waals surface area contributed by atoms with Crippen molar-refractivity contribution in [3.8, 4) is 5.75 Å². The predicted octanol–water partition coefficient (Wildman–Crippen LogP) is 6.53. The smallest absolute Gasteiger partial charge is 0.258 e. The first-order valence-electron chi connectivity index (χ1n) is 9.43. The van der Waals surface area contributed by atoms with E-state index in [1.165, 1.54) is 0 Å². The van der Waals surface area contributed by atoms with Crippen molar-refractivity contribution in [3.05, 3.63) is 75.7 Å². The Morgan fingerprint density at radius 2 is 2.10 bits per heavy atom. The molecule has 1 unspecified atom stereocenters. The van der Waals surface area contributed by atoms with Gasteiger partial charge in [-0.25, -0.2) is 0 Å². The molecule has 0 aliphatic carbocycles. The third-order valence-electron chi connectivity index (χ3n) is 5.07. The van der Waals surface area contributed by atoms with Crippen molar-refractivity contribution in [3.63, 3.8) is 0 Å². The topological polar surface area (TPSA) is 45.7 Å². The zero-order chi connectivity index (χ0) is 22.1.